The van der Waals surface area contributed by atoms with Gasteiger partial charge < -0.3 is 4.74 Å². The van der Waals surface area contributed by atoms with Crippen LogP contribution in [-0.4, -0.2) is 11.4 Å². The van der Waals surface area contributed by atoms with Gasteiger partial charge in [0.15, 0.2) is 11.4 Å². The molecular formula is C13H17IO2. The number of ether oxygens (including phenoxy) is 1. The van der Waals surface area contributed by atoms with E-state index in [1.807, 2.05) is 45.0 Å². The molecule has 0 aliphatic carbocycles. The molecule has 0 N–H and O–H groups in total. The smallest absolute Gasteiger partial charge is 0.175 e. The highest BCUT2D eigenvalue weighted by Gasteiger charge is 2.28. The second-order valence-corrected chi connectivity index (χ2v) is 5.49. The van der Waals surface area contributed by atoms with E-state index in [1.54, 1.807) is 0 Å². The monoisotopic (exact) mass is 332 g/mol. The van der Waals surface area contributed by atoms with Gasteiger partial charge in [-0.2, -0.15) is 0 Å². The second-order valence-electron chi connectivity index (χ2n) is 4.24. The Morgan fingerprint density at radius 2 is 1.88 bits per heavy atom. The molecule has 0 saturated carbocycles. The molecule has 16 heavy (non-hydrogen) atoms. The average molecular weight is 332 g/mol. The number of carbonyl (C=O) groups is 1. The number of Topliss-reactive ketones (excluding diaryl/α,β-unsaturated/α-hetero) is 1. The first-order valence-corrected chi connectivity index (χ1v) is 6.51. The van der Waals surface area contributed by atoms with Gasteiger partial charge >= 0.3 is 0 Å². The largest absolute Gasteiger partial charge is 0.480 e. The fourth-order valence-corrected chi connectivity index (χ4v) is 1.74. The summed E-state index contributed by atoms with van der Waals surface area (Å²) in [5, 5.41) is 0. The Labute approximate surface area is 111 Å². The second kappa shape index (κ2) is 5.66. The summed E-state index contributed by atoms with van der Waals surface area (Å²) >= 11 is 2.24. The van der Waals surface area contributed by atoms with E-state index in [9.17, 15) is 4.79 Å². The van der Waals surface area contributed by atoms with Crippen molar-refractivity contribution < 1.29 is 9.53 Å². The van der Waals surface area contributed by atoms with Gasteiger partial charge in [-0.15, -0.1) is 0 Å². The van der Waals surface area contributed by atoms with E-state index >= 15 is 0 Å². The molecule has 3 heteroatoms. The highest BCUT2D eigenvalue weighted by Crippen LogP contribution is 2.21. The minimum Gasteiger partial charge on any atom is -0.480 e. The molecule has 1 aromatic rings. The van der Waals surface area contributed by atoms with E-state index in [-0.39, 0.29) is 5.78 Å². The molecule has 0 heterocycles. The van der Waals surface area contributed by atoms with Gasteiger partial charge in [0.1, 0.15) is 5.75 Å². The van der Waals surface area contributed by atoms with Crippen molar-refractivity contribution in [3.8, 4) is 5.75 Å². The van der Waals surface area contributed by atoms with E-state index in [0.717, 1.165) is 15.7 Å². The summed E-state index contributed by atoms with van der Waals surface area (Å²) in [5.41, 5.74) is -0.733. The molecule has 1 aromatic carbocycles. The van der Waals surface area contributed by atoms with E-state index in [2.05, 4.69) is 22.6 Å². The fourth-order valence-electron chi connectivity index (χ4n) is 1.38. The van der Waals surface area contributed by atoms with Crippen molar-refractivity contribution in [1.82, 2.24) is 0 Å². The molecule has 0 aliphatic rings. The zero-order valence-electron chi connectivity index (χ0n) is 9.92. The van der Waals surface area contributed by atoms with E-state index in [1.165, 1.54) is 0 Å². The van der Waals surface area contributed by atoms with Gasteiger partial charge in [-0.1, -0.05) is 6.92 Å². The van der Waals surface area contributed by atoms with Gasteiger partial charge in [-0.05, 0) is 67.1 Å². The number of benzene rings is 1. The van der Waals surface area contributed by atoms with Gasteiger partial charge in [0, 0.05) is 9.99 Å². The lowest BCUT2D eigenvalue weighted by Gasteiger charge is -2.24. The minimum absolute atomic E-state index is 0.147. The van der Waals surface area contributed by atoms with Gasteiger partial charge in [0.2, 0.25) is 0 Å². The Bertz CT molecular complexity index is 355. The Morgan fingerprint density at radius 1 is 1.31 bits per heavy atom. The number of carbonyl (C=O) groups excluding carboxylic acids is 1. The van der Waals surface area contributed by atoms with Crippen LogP contribution >= 0.6 is 22.6 Å². The van der Waals surface area contributed by atoms with Crippen molar-refractivity contribution >= 4 is 28.4 Å². The first-order valence-electron chi connectivity index (χ1n) is 5.43. The summed E-state index contributed by atoms with van der Waals surface area (Å²) in [7, 11) is 0. The Kier molecular flexibility index (Phi) is 4.77. The number of hydrogen-bond acceptors (Lipinski definition) is 2. The molecule has 0 saturated heterocycles. The number of rotatable bonds is 5. The van der Waals surface area contributed by atoms with Crippen molar-refractivity contribution in [2.45, 2.75) is 39.2 Å². The van der Waals surface area contributed by atoms with Gasteiger partial charge in [-0.25, -0.2) is 0 Å². The molecular weight excluding hydrogens is 315 g/mol. The number of ketones is 1. The van der Waals surface area contributed by atoms with Crippen molar-refractivity contribution in [3.05, 3.63) is 27.8 Å². The van der Waals surface area contributed by atoms with E-state index < -0.39 is 5.60 Å². The highest BCUT2D eigenvalue weighted by atomic mass is 127. The molecule has 1 rings (SSSR count). The highest BCUT2D eigenvalue weighted by molar-refractivity contribution is 14.1. The molecule has 0 bridgehead atoms. The van der Waals surface area contributed by atoms with Crippen LogP contribution < -0.4 is 4.74 Å². The van der Waals surface area contributed by atoms with Crippen LogP contribution in [0.1, 0.15) is 33.6 Å². The molecule has 88 valence electrons. The van der Waals surface area contributed by atoms with Crippen molar-refractivity contribution in [1.29, 1.82) is 0 Å². The third kappa shape index (κ3) is 3.77. The number of halogens is 1. The molecule has 0 atom stereocenters. The molecule has 2 nitrogen and oxygen atoms in total. The molecule has 0 aromatic heterocycles. The maximum atomic E-state index is 11.8. The molecule has 0 unspecified atom stereocenters. The van der Waals surface area contributed by atoms with Crippen LogP contribution in [-0.2, 0) is 4.79 Å². The lowest BCUT2D eigenvalue weighted by atomic mass is 9.99. The van der Waals surface area contributed by atoms with Crippen molar-refractivity contribution in [3.63, 3.8) is 0 Å². The summed E-state index contributed by atoms with van der Waals surface area (Å²) in [6, 6.07) is 7.72. The van der Waals surface area contributed by atoms with Crippen molar-refractivity contribution in [2.24, 2.45) is 0 Å². The van der Waals surface area contributed by atoms with Crippen LogP contribution in [0.2, 0.25) is 0 Å². The van der Waals surface area contributed by atoms with E-state index in [0.29, 0.717) is 6.42 Å². The maximum absolute atomic E-state index is 11.8. The predicted molar refractivity (Wildman–Crippen MR) is 73.8 cm³/mol. The van der Waals surface area contributed by atoms with Crippen LogP contribution in [0.15, 0.2) is 24.3 Å². The van der Waals surface area contributed by atoms with Crippen LogP contribution in [0.5, 0.6) is 5.75 Å². The Morgan fingerprint density at radius 3 is 2.38 bits per heavy atom. The minimum atomic E-state index is -0.733. The maximum Gasteiger partial charge on any atom is 0.175 e. The summed E-state index contributed by atoms with van der Waals surface area (Å²) < 4.78 is 6.87. The number of hydrogen-bond donors (Lipinski definition) is 0. The zero-order chi connectivity index (χ0) is 12.2. The lowest BCUT2D eigenvalue weighted by molar-refractivity contribution is -0.131. The third-order valence-electron chi connectivity index (χ3n) is 2.34. The first kappa shape index (κ1) is 13.5. The SMILES string of the molecule is CCCC(=O)C(C)(C)Oc1ccc(I)cc1. The zero-order valence-corrected chi connectivity index (χ0v) is 12.1. The van der Waals surface area contributed by atoms with Gasteiger partial charge in [0.05, 0.1) is 0 Å². The van der Waals surface area contributed by atoms with Crippen LogP contribution in [0.3, 0.4) is 0 Å². The van der Waals surface area contributed by atoms with E-state index in [4.69, 9.17) is 4.74 Å². The molecule has 0 radical (unpaired) electrons. The van der Waals surface area contributed by atoms with Crippen LogP contribution in [0.4, 0.5) is 0 Å². The summed E-state index contributed by atoms with van der Waals surface area (Å²) in [5.74, 6) is 0.892. The first-order chi connectivity index (χ1) is 7.45. The summed E-state index contributed by atoms with van der Waals surface area (Å²) in [6.45, 7) is 5.64. The molecule has 0 fully saturated rings. The average Bonchev–Trinajstić information content (AvgIpc) is 2.21. The van der Waals surface area contributed by atoms with Crippen molar-refractivity contribution in [2.75, 3.05) is 0 Å². The Hall–Kier alpha value is -0.580. The van der Waals surface area contributed by atoms with Gasteiger partial charge in [0.25, 0.3) is 0 Å². The normalized spacial score (nSPS) is 11.2. The lowest BCUT2D eigenvalue weighted by Crippen LogP contribution is -2.38. The summed E-state index contributed by atoms with van der Waals surface area (Å²) in [4.78, 5) is 11.8. The topological polar surface area (TPSA) is 26.3 Å². The molecule has 0 aliphatic heterocycles. The van der Waals surface area contributed by atoms with Crippen LogP contribution in [0.25, 0.3) is 0 Å². The molecule has 0 amide bonds. The standard InChI is InChI=1S/C13H17IO2/c1-4-5-12(15)13(2,3)16-11-8-6-10(14)7-9-11/h6-9H,4-5H2,1-3H3. The predicted octanol–water partition coefficient (Wildman–Crippen LogP) is 3.82. The third-order valence-corrected chi connectivity index (χ3v) is 3.05. The summed E-state index contributed by atoms with van der Waals surface area (Å²) in [6.07, 6.45) is 1.43. The van der Waals surface area contributed by atoms with Gasteiger partial charge in [-0.3, -0.25) is 4.79 Å². The fraction of sp³-hybridized carbons (Fsp3) is 0.462. The van der Waals surface area contributed by atoms with Crippen LogP contribution in [0, 0.1) is 3.57 Å². The Balaban J connectivity index is 2.72. The quantitative estimate of drug-likeness (QED) is 0.767. The molecule has 0 spiro atoms.